The highest BCUT2D eigenvalue weighted by atomic mass is 16.6. The summed E-state index contributed by atoms with van der Waals surface area (Å²) in [6, 6.07) is 0. The Labute approximate surface area is 90.3 Å². The summed E-state index contributed by atoms with van der Waals surface area (Å²) in [4.78, 5) is 22.2. The van der Waals surface area contributed by atoms with E-state index in [1.165, 1.54) is 0 Å². The van der Waals surface area contributed by atoms with Gasteiger partial charge in [-0.05, 0) is 0 Å². The van der Waals surface area contributed by atoms with Gasteiger partial charge in [0.05, 0.1) is 12.2 Å². The number of hydrogen-bond acceptors (Lipinski definition) is 6. The predicted octanol–water partition coefficient (Wildman–Crippen LogP) is -2.95. The lowest BCUT2D eigenvalue weighted by Gasteiger charge is -2.13. The van der Waals surface area contributed by atoms with Crippen molar-refractivity contribution in [2.75, 3.05) is 6.61 Å². The smallest absolute Gasteiger partial charge is 0.256 e. The lowest BCUT2D eigenvalue weighted by Crippen LogP contribution is -2.36. The maximum absolute atomic E-state index is 11.3. The molecular formula is C9H11NO6. The quantitative estimate of drug-likeness (QED) is 0.376. The highest BCUT2D eigenvalue weighted by molar-refractivity contribution is 6.16. The van der Waals surface area contributed by atoms with Crippen LogP contribution in [0.2, 0.25) is 0 Å². The van der Waals surface area contributed by atoms with Gasteiger partial charge in [-0.3, -0.25) is 14.9 Å². The molecule has 0 unspecified atom stereocenters. The molecule has 4 N–H and O–H groups in total. The second-order valence-electron chi connectivity index (χ2n) is 3.68. The summed E-state index contributed by atoms with van der Waals surface area (Å²) in [5, 5.41) is 29.9. The third kappa shape index (κ3) is 1.63. The van der Waals surface area contributed by atoms with Gasteiger partial charge in [0.15, 0.2) is 0 Å². The number of aliphatic hydroxyl groups excluding tert-OH is 3. The fourth-order valence-corrected chi connectivity index (χ4v) is 1.79. The Morgan fingerprint density at radius 1 is 1.31 bits per heavy atom. The monoisotopic (exact) mass is 229 g/mol. The van der Waals surface area contributed by atoms with Crippen LogP contribution in [0.3, 0.4) is 0 Å². The normalized spacial score (nSPS) is 38.8. The molecule has 0 bridgehead atoms. The van der Waals surface area contributed by atoms with Gasteiger partial charge in [0.2, 0.25) is 0 Å². The first-order valence-electron chi connectivity index (χ1n) is 4.74. The van der Waals surface area contributed by atoms with Crippen molar-refractivity contribution in [1.82, 2.24) is 5.32 Å². The largest absolute Gasteiger partial charge is 0.394 e. The van der Waals surface area contributed by atoms with Crippen molar-refractivity contribution in [1.29, 1.82) is 0 Å². The second kappa shape index (κ2) is 3.95. The van der Waals surface area contributed by atoms with E-state index >= 15 is 0 Å². The highest BCUT2D eigenvalue weighted by Crippen LogP contribution is 2.27. The molecule has 2 rings (SSSR count). The lowest BCUT2D eigenvalue weighted by molar-refractivity contribution is -0.124. The van der Waals surface area contributed by atoms with Crippen LogP contribution in [0.5, 0.6) is 0 Å². The SMILES string of the molecule is O=C1C=C([C@@H]2O[C@H](CO)[C@H](O)[C@@H]2O)C(=O)N1. The van der Waals surface area contributed by atoms with Crippen molar-refractivity contribution >= 4 is 11.8 Å². The van der Waals surface area contributed by atoms with Crippen LogP contribution in [0.15, 0.2) is 11.6 Å². The van der Waals surface area contributed by atoms with Crippen LogP contribution in [0.1, 0.15) is 0 Å². The summed E-state index contributed by atoms with van der Waals surface area (Å²) >= 11 is 0. The molecule has 7 nitrogen and oxygen atoms in total. The van der Waals surface area contributed by atoms with E-state index in [1.54, 1.807) is 0 Å². The number of amides is 2. The van der Waals surface area contributed by atoms with E-state index in [9.17, 15) is 19.8 Å². The summed E-state index contributed by atoms with van der Waals surface area (Å²) in [5.41, 5.74) is -0.0347. The molecule has 0 saturated carbocycles. The molecule has 1 saturated heterocycles. The number of carbonyl (C=O) groups excluding carboxylic acids is 2. The van der Waals surface area contributed by atoms with Crippen molar-refractivity contribution in [3.8, 4) is 0 Å². The second-order valence-corrected chi connectivity index (χ2v) is 3.68. The number of aliphatic hydroxyl groups is 3. The van der Waals surface area contributed by atoms with Crippen molar-refractivity contribution in [2.45, 2.75) is 24.4 Å². The summed E-state index contributed by atoms with van der Waals surface area (Å²) in [5.74, 6) is -1.24. The van der Waals surface area contributed by atoms with Gasteiger partial charge in [-0.1, -0.05) is 0 Å². The molecule has 4 atom stereocenters. The van der Waals surface area contributed by atoms with Gasteiger partial charge in [0, 0.05) is 6.08 Å². The molecular weight excluding hydrogens is 218 g/mol. The van der Waals surface area contributed by atoms with Gasteiger partial charge in [-0.15, -0.1) is 0 Å². The molecule has 0 aromatic heterocycles. The molecule has 0 aliphatic carbocycles. The third-order valence-electron chi connectivity index (χ3n) is 2.63. The molecule has 88 valence electrons. The average molecular weight is 229 g/mol. The van der Waals surface area contributed by atoms with E-state index in [0.717, 1.165) is 6.08 Å². The fourth-order valence-electron chi connectivity index (χ4n) is 1.79. The van der Waals surface area contributed by atoms with Crippen LogP contribution < -0.4 is 5.32 Å². The highest BCUT2D eigenvalue weighted by Gasteiger charge is 2.46. The van der Waals surface area contributed by atoms with Gasteiger partial charge < -0.3 is 20.1 Å². The zero-order valence-electron chi connectivity index (χ0n) is 8.16. The Bertz CT molecular complexity index is 365. The van der Waals surface area contributed by atoms with Crippen LogP contribution in [0, 0.1) is 0 Å². The molecule has 2 heterocycles. The topological polar surface area (TPSA) is 116 Å². The van der Waals surface area contributed by atoms with E-state index in [0.29, 0.717) is 0 Å². The third-order valence-corrected chi connectivity index (χ3v) is 2.63. The molecule has 1 fully saturated rings. The Morgan fingerprint density at radius 3 is 2.44 bits per heavy atom. The standard InChI is InChI=1S/C9H11NO6/c11-2-4-6(13)7(14)8(16-4)3-1-5(12)10-9(3)15/h1,4,6-8,11,13-14H,2H2,(H,10,12,15)/t4-,6+,7+,8+/m1/s1. The van der Waals surface area contributed by atoms with Gasteiger partial charge in [0.25, 0.3) is 11.8 Å². The van der Waals surface area contributed by atoms with Crippen molar-refractivity contribution < 1.29 is 29.6 Å². The first-order chi connectivity index (χ1) is 7.54. The van der Waals surface area contributed by atoms with Crippen LogP contribution in [0.25, 0.3) is 0 Å². The minimum Gasteiger partial charge on any atom is -0.394 e. The molecule has 0 aromatic carbocycles. The van der Waals surface area contributed by atoms with Gasteiger partial charge in [0.1, 0.15) is 24.4 Å². The van der Waals surface area contributed by atoms with E-state index in [2.05, 4.69) is 0 Å². The predicted molar refractivity (Wildman–Crippen MR) is 49.0 cm³/mol. The first-order valence-corrected chi connectivity index (χ1v) is 4.74. The van der Waals surface area contributed by atoms with Crippen LogP contribution in [0.4, 0.5) is 0 Å². The van der Waals surface area contributed by atoms with Crippen LogP contribution in [-0.2, 0) is 14.3 Å². The van der Waals surface area contributed by atoms with Crippen molar-refractivity contribution in [2.24, 2.45) is 0 Å². The Hall–Kier alpha value is -1.28. The van der Waals surface area contributed by atoms with Crippen molar-refractivity contribution in [3.05, 3.63) is 11.6 Å². The maximum atomic E-state index is 11.3. The number of ether oxygens (including phenoxy) is 1. The Kier molecular flexibility index (Phi) is 2.76. The molecule has 0 aromatic rings. The molecule has 2 aliphatic heterocycles. The molecule has 16 heavy (non-hydrogen) atoms. The van der Waals surface area contributed by atoms with Crippen molar-refractivity contribution in [3.63, 3.8) is 0 Å². The number of carbonyl (C=O) groups is 2. The minimum atomic E-state index is -1.33. The summed E-state index contributed by atoms with van der Waals surface area (Å²) < 4.78 is 5.11. The van der Waals surface area contributed by atoms with Crippen LogP contribution >= 0.6 is 0 Å². The zero-order valence-corrected chi connectivity index (χ0v) is 8.16. The van der Waals surface area contributed by atoms with E-state index < -0.39 is 42.8 Å². The molecule has 2 amide bonds. The van der Waals surface area contributed by atoms with E-state index in [1.807, 2.05) is 5.32 Å². The molecule has 2 aliphatic rings. The van der Waals surface area contributed by atoms with E-state index in [4.69, 9.17) is 9.84 Å². The van der Waals surface area contributed by atoms with Crippen LogP contribution in [-0.4, -0.2) is 58.2 Å². The maximum Gasteiger partial charge on any atom is 0.256 e. The fraction of sp³-hybridized carbons (Fsp3) is 0.556. The zero-order chi connectivity index (χ0) is 11.9. The van der Waals surface area contributed by atoms with Gasteiger partial charge in [-0.2, -0.15) is 0 Å². The van der Waals surface area contributed by atoms with Gasteiger partial charge in [-0.25, -0.2) is 0 Å². The minimum absolute atomic E-state index is 0.0347. The number of hydrogen-bond donors (Lipinski definition) is 4. The summed E-state index contributed by atoms with van der Waals surface area (Å²) in [7, 11) is 0. The lowest BCUT2D eigenvalue weighted by atomic mass is 10.0. The Morgan fingerprint density at radius 2 is 2.00 bits per heavy atom. The summed E-state index contributed by atoms with van der Waals surface area (Å²) in [6.45, 7) is -0.475. The van der Waals surface area contributed by atoms with E-state index in [-0.39, 0.29) is 5.57 Å². The number of imide groups is 1. The first kappa shape index (κ1) is 11.2. The van der Waals surface area contributed by atoms with Gasteiger partial charge >= 0.3 is 0 Å². The molecule has 0 spiro atoms. The Balaban J connectivity index is 2.20. The summed E-state index contributed by atoms with van der Waals surface area (Å²) in [6.07, 6.45) is -3.63. The average Bonchev–Trinajstić information content (AvgIpc) is 2.70. The molecule has 0 radical (unpaired) electrons. The number of nitrogens with one attached hydrogen (secondary N) is 1. The molecule has 7 heteroatoms. The number of rotatable bonds is 2.